The van der Waals surface area contributed by atoms with Crippen LogP contribution in [0.4, 0.5) is 0 Å². The van der Waals surface area contributed by atoms with Gasteiger partial charge in [0.25, 0.3) is 0 Å². The Morgan fingerprint density at radius 3 is 2.71 bits per heavy atom. The van der Waals surface area contributed by atoms with Crippen molar-refractivity contribution in [2.24, 2.45) is 23.7 Å². The maximum atomic E-state index is 11.3. The van der Waals surface area contributed by atoms with Crippen LogP contribution in [0.3, 0.4) is 0 Å². The highest BCUT2D eigenvalue weighted by Crippen LogP contribution is 2.43. The number of esters is 1. The van der Waals surface area contributed by atoms with Crippen molar-refractivity contribution in [3.8, 4) is 0 Å². The lowest BCUT2D eigenvalue weighted by Gasteiger charge is -2.18. The van der Waals surface area contributed by atoms with Gasteiger partial charge in [-0.3, -0.25) is 4.79 Å². The van der Waals surface area contributed by atoms with Gasteiger partial charge in [0.1, 0.15) is 0 Å². The minimum absolute atomic E-state index is 0.00383. The maximum Gasteiger partial charge on any atom is 0.308 e. The molecule has 78 valence electrons. The van der Waals surface area contributed by atoms with E-state index in [2.05, 4.69) is 12.2 Å². The van der Waals surface area contributed by atoms with Crippen molar-refractivity contribution in [2.75, 3.05) is 6.61 Å². The van der Waals surface area contributed by atoms with Crippen molar-refractivity contribution in [1.29, 1.82) is 0 Å². The lowest BCUT2D eigenvalue weighted by molar-refractivity contribution is -0.148. The van der Waals surface area contributed by atoms with E-state index in [1.54, 1.807) is 0 Å². The third kappa shape index (κ3) is 1.84. The molecule has 0 saturated heterocycles. The van der Waals surface area contributed by atoms with E-state index >= 15 is 0 Å². The summed E-state index contributed by atoms with van der Waals surface area (Å²) in [5.74, 6) is 1.98. The molecule has 0 aromatic carbocycles. The molecular formula is C12H18O2. The topological polar surface area (TPSA) is 26.3 Å². The molecule has 0 aliphatic heterocycles. The first kappa shape index (κ1) is 9.75. The predicted molar refractivity (Wildman–Crippen MR) is 54.6 cm³/mol. The summed E-state index contributed by atoms with van der Waals surface area (Å²) in [6.07, 6.45) is 7.10. The summed E-state index contributed by atoms with van der Waals surface area (Å²) in [5.41, 5.74) is 0. The van der Waals surface area contributed by atoms with Gasteiger partial charge in [-0.1, -0.05) is 26.0 Å². The van der Waals surface area contributed by atoms with E-state index in [1.807, 2.05) is 13.8 Å². The fourth-order valence-corrected chi connectivity index (χ4v) is 2.44. The van der Waals surface area contributed by atoms with Crippen LogP contribution < -0.4 is 0 Å². The van der Waals surface area contributed by atoms with Crippen LogP contribution in [-0.4, -0.2) is 12.6 Å². The number of allylic oxidation sites excluding steroid dienone is 2. The Morgan fingerprint density at radius 2 is 2.21 bits per heavy atom. The molecule has 1 fully saturated rings. The second kappa shape index (κ2) is 3.76. The molecule has 3 unspecified atom stereocenters. The highest BCUT2D eigenvalue weighted by atomic mass is 16.5. The third-order valence-corrected chi connectivity index (χ3v) is 3.33. The minimum atomic E-state index is -0.0586. The summed E-state index contributed by atoms with van der Waals surface area (Å²) in [6.45, 7) is 4.38. The van der Waals surface area contributed by atoms with Crippen molar-refractivity contribution in [1.82, 2.24) is 0 Å². The van der Waals surface area contributed by atoms with Gasteiger partial charge >= 0.3 is 5.97 Å². The zero-order valence-corrected chi connectivity index (χ0v) is 8.90. The van der Waals surface area contributed by atoms with Crippen LogP contribution in [0.2, 0.25) is 0 Å². The standard InChI is InChI=1S/C12H18O2/c1-8(2)12(13)14-7-11-6-9-3-4-10(11)5-9/h3-4,8-11H,5-7H2,1-2H3. The van der Waals surface area contributed by atoms with E-state index in [1.165, 1.54) is 12.8 Å². The third-order valence-electron chi connectivity index (χ3n) is 3.33. The molecule has 0 heterocycles. The quantitative estimate of drug-likeness (QED) is 0.509. The maximum absolute atomic E-state index is 11.3. The summed E-state index contributed by atoms with van der Waals surface area (Å²) >= 11 is 0. The van der Waals surface area contributed by atoms with Gasteiger partial charge in [0.05, 0.1) is 12.5 Å². The van der Waals surface area contributed by atoms with Crippen LogP contribution >= 0.6 is 0 Å². The van der Waals surface area contributed by atoms with Crippen molar-refractivity contribution in [2.45, 2.75) is 26.7 Å². The van der Waals surface area contributed by atoms with Gasteiger partial charge in [0.2, 0.25) is 0 Å². The molecule has 0 spiro atoms. The van der Waals surface area contributed by atoms with Gasteiger partial charge in [-0.05, 0) is 30.6 Å². The Kier molecular flexibility index (Phi) is 2.62. The first-order valence-corrected chi connectivity index (χ1v) is 5.51. The molecule has 0 aromatic heterocycles. The van der Waals surface area contributed by atoms with E-state index in [-0.39, 0.29) is 11.9 Å². The molecule has 2 heteroatoms. The van der Waals surface area contributed by atoms with Crippen molar-refractivity contribution >= 4 is 5.97 Å². The minimum Gasteiger partial charge on any atom is -0.465 e. The lowest BCUT2D eigenvalue weighted by atomic mass is 9.94. The molecular weight excluding hydrogens is 176 g/mol. The molecule has 2 aliphatic carbocycles. The zero-order valence-electron chi connectivity index (χ0n) is 8.90. The summed E-state index contributed by atoms with van der Waals surface area (Å²) in [5, 5.41) is 0. The number of fused-ring (bicyclic) bond motifs is 2. The fourth-order valence-electron chi connectivity index (χ4n) is 2.44. The molecule has 1 saturated carbocycles. The van der Waals surface area contributed by atoms with Crippen LogP contribution in [0.15, 0.2) is 12.2 Å². The molecule has 2 rings (SSSR count). The first-order chi connectivity index (χ1) is 6.66. The zero-order chi connectivity index (χ0) is 10.1. The number of hydrogen-bond acceptors (Lipinski definition) is 2. The summed E-state index contributed by atoms with van der Waals surface area (Å²) < 4.78 is 5.27. The average molecular weight is 194 g/mol. The number of carbonyl (C=O) groups excluding carboxylic acids is 1. The molecule has 2 nitrogen and oxygen atoms in total. The monoisotopic (exact) mass is 194 g/mol. The summed E-state index contributed by atoms with van der Waals surface area (Å²) in [4.78, 5) is 11.3. The van der Waals surface area contributed by atoms with E-state index in [0.717, 1.165) is 5.92 Å². The van der Waals surface area contributed by atoms with Crippen molar-refractivity contribution in [3.63, 3.8) is 0 Å². The second-order valence-corrected chi connectivity index (χ2v) is 4.83. The number of hydrogen-bond donors (Lipinski definition) is 0. The molecule has 0 aromatic rings. The van der Waals surface area contributed by atoms with Crippen LogP contribution in [0.5, 0.6) is 0 Å². The normalized spacial score (nSPS) is 34.1. The van der Waals surface area contributed by atoms with E-state index < -0.39 is 0 Å². The predicted octanol–water partition coefficient (Wildman–Crippen LogP) is 2.40. The fraction of sp³-hybridized carbons (Fsp3) is 0.750. The van der Waals surface area contributed by atoms with Crippen LogP contribution in [0.25, 0.3) is 0 Å². The highest BCUT2D eigenvalue weighted by Gasteiger charge is 2.36. The van der Waals surface area contributed by atoms with Gasteiger partial charge in [-0.2, -0.15) is 0 Å². The molecule has 2 aliphatic rings. The summed E-state index contributed by atoms with van der Waals surface area (Å²) in [6, 6.07) is 0. The van der Waals surface area contributed by atoms with Crippen LogP contribution in [-0.2, 0) is 9.53 Å². The van der Waals surface area contributed by atoms with Crippen LogP contribution in [0.1, 0.15) is 26.7 Å². The SMILES string of the molecule is CC(C)C(=O)OCC1CC2C=CC1C2. The Bertz CT molecular complexity index is 255. The largest absolute Gasteiger partial charge is 0.465 e. The number of ether oxygens (including phenoxy) is 1. The Hall–Kier alpha value is -0.790. The van der Waals surface area contributed by atoms with Gasteiger partial charge in [-0.25, -0.2) is 0 Å². The molecule has 14 heavy (non-hydrogen) atoms. The van der Waals surface area contributed by atoms with Gasteiger partial charge in [0, 0.05) is 0 Å². The summed E-state index contributed by atoms with van der Waals surface area (Å²) in [7, 11) is 0. The Morgan fingerprint density at radius 1 is 1.43 bits per heavy atom. The first-order valence-electron chi connectivity index (χ1n) is 5.51. The van der Waals surface area contributed by atoms with Crippen LogP contribution in [0, 0.1) is 23.7 Å². The molecule has 3 atom stereocenters. The molecule has 0 amide bonds. The molecule has 0 N–H and O–H groups in total. The molecule has 2 bridgehead atoms. The van der Waals surface area contributed by atoms with E-state index in [0.29, 0.717) is 18.4 Å². The van der Waals surface area contributed by atoms with E-state index in [9.17, 15) is 4.79 Å². The molecule has 0 radical (unpaired) electrons. The van der Waals surface area contributed by atoms with Crippen molar-refractivity contribution in [3.05, 3.63) is 12.2 Å². The Labute approximate surface area is 85.3 Å². The van der Waals surface area contributed by atoms with E-state index in [4.69, 9.17) is 4.74 Å². The second-order valence-electron chi connectivity index (χ2n) is 4.83. The van der Waals surface area contributed by atoms with Gasteiger partial charge in [-0.15, -0.1) is 0 Å². The van der Waals surface area contributed by atoms with Crippen molar-refractivity contribution < 1.29 is 9.53 Å². The number of rotatable bonds is 3. The smallest absolute Gasteiger partial charge is 0.308 e. The highest BCUT2D eigenvalue weighted by molar-refractivity contribution is 5.71. The lowest BCUT2D eigenvalue weighted by Crippen LogP contribution is -2.20. The number of carbonyl (C=O) groups is 1. The average Bonchev–Trinajstić information content (AvgIpc) is 2.74. The van der Waals surface area contributed by atoms with Gasteiger partial charge in [0.15, 0.2) is 0 Å². The van der Waals surface area contributed by atoms with Gasteiger partial charge < -0.3 is 4.74 Å². The Balaban J connectivity index is 1.77.